The number of nitrogens with zero attached hydrogens (tertiary/aromatic N) is 2. The number of aromatic nitrogens is 2. The molecule has 3 rings (SSSR count). The van der Waals surface area contributed by atoms with Gasteiger partial charge in [-0.1, -0.05) is 31.4 Å². The van der Waals surface area contributed by atoms with Gasteiger partial charge in [0.05, 0.1) is 16.6 Å². The third kappa shape index (κ3) is 2.20. The second kappa shape index (κ2) is 5.16. The molecular weight excluding hydrogens is 232 g/mol. The maximum atomic E-state index is 4.68. The minimum atomic E-state index is 0.875. The Bertz CT molecular complexity index is 772. The van der Waals surface area contributed by atoms with Crippen LogP contribution in [0.5, 0.6) is 0 Å². The highest BCUT2D eigenvalue weighted by molar-refractivity contribution is 5.81. The van der Waals surface area contributed by atoms with E-state index in [1.54, 1.807) is 0 Å². The first kappa shape index (κ1) is 11.8. The molecule has 0 atom stereocenters. The van der Waals surface area contributed by atoms with E-state index < -0.39 is 0 Å². The average molecular weight is 248 g/mol. The van der Waals surface area contributed by atoms with Crippen LogP contribution in [0, 0.1) is 11.8 Å². The zero-order chi connectivity index (χ0) is 13.1. The van der Waals surface area contributed by atoms with Gasteiger partial charge < -0.3 is 4.40 Å². The molecule has 0 spiro atoms. The molecule has 94 valence electrons. The molecule has 2 heteroatoms. The van der Waals surface area contributed by atoms with E-state index in [-0.39, 0.29) is 0 Å². The van der Waals surface area contributed by atoms with Crippen LogP contribution in [0.2, 0.25) is 0 Å². The van der Waals surface area contributed by atoms with Crippen molar-refractivity contribution in [2.45, 2.75) is 26.2 Å². The van der Waals surface area contributed by atoms with Gasteiger partial charge in [0.25, 0.3) is 0 Å². The molecule has 0 radical (unpaired) electrons. The number of hydrogen-bond donors (Lipinski definition) is 0. The van der Waals surface area contributed by atoms with Crippen LogP contribution in [-0.4, -0.2) is 9.38 Å². The van der Waals surface area contributed by atoms with Crippen LogP contribution in [0.3, 0.4) is 0 Å². The maximum absolute atomic E-state index is 4.68. The molecule has 3 aromatic rings. The Balaban J connectivity index is 2.15. The summed E-state index contributed by atoms with van der Waals surface area (Å²) in [5, 5.41) is 0. The molecule has 0 aliphatic carbocycles. The molecule has 0 amide bonds. The SMILES string of the molecule is CCCCC#Cc1nc2ccccc2n2cccc12. The van der Waals surface area contributed by atoms with Gasteiger partial charge in [-0.25, -0.2) is 4.98 Å². The van der Waals surface area contributed by atoms with Crippen molar-refractivity contribution in [3.05, 3.63) is 48.3 Å². The molecule has 0 aliphatic heterocycles. The Hall–Kier alpha value is -2.27. The molecule has 19 heavy (non-hydrogen) atoms. The highest BCUT2D eigenvalue weighted by Crippen LogP contribution is 2.18. The summed E-state index contributed by atoms with van der Waals surface area (Å²) in [5.74, 6) is 6.44. The summed E-state index contributed by atoms with van der Waals surface area (Å²) in [5.41, 5.74) is 4.08. The maximum Gasteiger partial charge on any atom is 0.137 e. The highest BCUT2D eigenvalue weighted by atomic mass is 14.9. The minimum absolute atomic E-state index is 0.875. The Morgan fingerprint density at radius 3 is 2.84 bits per heavy atom. The molecule has 2 aromatic heterocycles. The molecule has 0 fully saturated rings. The van der Waals surface area contributed by atoms with Gasteiger partial charge in [0.15, 0.2) is 0 Å². The van der Waals surface area contributed by atoms with Gasteiger partial charge in [0.1, 0.15) is 5.69 Å². The van der Waals surface area contributed by atoms with Crippen molar-refractivity contribution in [3.8, 4) is 11.8 Å². The van der Waals surface area contributed by atoms with Gasteiger partial charge >= 0.3 is 0 Å². The van der Waals surface area contributed by atoms with E-state index in [1.807, 2.05) is 24.3 Å². The third-order valence-electron chi connectivity index (χ3n) is 3.23. The molecular formula is C17H16N2. The molecule has 1 aromatic carbocycles. The van der Waals surface area contributed by atoms with E-state index in [1.165, 1.54) is 6.42 Å². The minimum Gasteiger partial charge on any atom is -0.312 e. The van der Waals surface area contributed by atoms with Gasteiger partial charge in [0, 0.05) is 12.6 Å². The number of rotatable bonds is 2. The van der Waals surface area contributed by atoms with Crippen molar-refractivity contribution in [3.63, 3.8) is 0 Å². The summed E-state index contributed by atoms with van der Waals surface area (Å²) in [4.78, 5) is 4.68. The summed E-state index contributed by atoms with van der Waals surface area (Å²) >= 11 is 0. The number of benzene rings is 1. The van der Waals surface area contributed by atoms with Gasteiger partial charge in [-0.3, -0.25) is 0 Å². The van der Waals surface area contributed by atoms with Crippen LogP contribution in [0.15, 0.2) is 42.6 Å². The zero-order valence-electron chi connectivity index (χ0n) is 11.1. The lowest BCUT2D eigenvalue weighted by Crippen LogP contribution is -1.94. The van der Waals surface area contributed by atoms with Gasteiger partial charge in [-0.2, -0.15) is 0 Å². The van der Waals surface area contributed by atoms with Crippen molar-refractivity contribution in [2.75, 3.05) is 0 Å². The fourth-order valence-electron chi connectivity index (χ4n) is 2.23. The lowest BCUT2D eigenvalue weighted by atomic mass is 10.2. The van der Waals surface area contributed by atoms with Crippen LogP contribution < -0.4 is 0 Å². The summed E-state index contributed by atoms with van der Waals surface area (Å²) in [6.45, 7) is 2.18. The quantitative estimate of drug-likeness (QED) is 0.494. The Labute approximate surface area is 113 Å². The van der Waals surface area contributed by atoms with Crippen LogP contribution in [-0.2, 0) is 0 Å². The van der Waals surface area contributed by atoms with E-state index >= 15 is 0 Å². The van der Waals surface area contributed by atoms with Crippen molar-refractivity contribution >= 4 is 16.6 Å². The Morgan fingerprint density at radius 2 is 1.95 bits per heavy atom. The van der Waals surface area contributed by atoms with E-state index in [2.05, 4.69) is 46.5 Å². The predicted molar refractivity (Wildman–Crippen MR) is 79.1 cm³/mol. The van der Waals surface area contributed by atoms with Crippen molar-refractivity contribution in [1.82, 2.24) is 9.38 Å². The predicted octanol–water partition coefficient (Wildman–Crippen LogP) is 4.03. The molecule has 2 nitrogen and oxygen atoms in total. The van der Waals surface area contributed by atoms with Crippen LogP contribution in [0.1, 0.15) is 31.9 Å². The Morgan fingerprint density at radius 1 is 1.11 bits per heavy atom. The fraction of sp³-hybridized carbons (Fsp3) is 0.235. The van der Waals surface area contributed by atoms with Gasteiger partial charge in [0.2, 0.25) is 0 Å². The number of fused-ring (bicyclic) bond motifs is 3. The molecule has 0 aliphatic rings. The normalized spacial score (nSPS) is 10.6. The number of unbranched alkanes of at least 4 members (excludes halogenated alkanes) is 2. The summed E-state index contributed by atoms with van der Waals surface area (Å²) < 4.78 is 2.16. The lowest BCUT2D eigenvalue weighted by Gasteiger charge is -2.04. The standard InChI is InChI=1S/C17H16N2/c1-2-3-4-5-9-14-17-12-8-13-19(17)16-11-7-6-10-15(16)18-14/h6-8,10-13H,2-4H2,1H3. The van der Waals surface area contributed by atoms with Gasteiger partial charge in [-0.15, -0.1) is 0 Å². The van der Waals surface area contributed by atoms with E-state index in [4.69, 9.17) is 0 Å². The van der Waals surface area contributed by atoms with E-state index in [0.29, 0.717) is 0 Å². The summed E-state index contributed by atoms with van der Waals surface area (Å²) in [6, 6.07) is 12.3. The third-order valence-corrected chi connectivity index (χ3v) is 3.23. The zero-order valence-corrected chi connectivity index (χ0v) is 11.1. The smallest absolute Gasteiger partial charge is 0.137 e. The number of para-hydroxylation sites is 2. The summed E-state index contributed by atoms with van der Waals surface area (Å²) in [6.07, 6.45) is 5.34. The first-order valence-corrected chi connectivity index (χ1v) is 6.75. The molecule has 0 unspecified atom stereocenters. The van der Waals surface area contributed by atoms with E-state index in [9.17, 15) is 0 Å². The second-order valence-corrected chi connectivity index (χ2v) is 4.62. The van der Waals surface area contributed by atoms with Crippen molar-refractivity contribution in [2.24, 2.45) is 0 Å². The topological polar surface area (TPSA) is 17.3 Å². The molecule has 2 heterocycles. The number of hydrogen-bond acceptors (Lipinski definition) is 1. The monoisotopic (exact) mass is 248 g/mol. The fourth-order valence-corrected chi connectivity index (χ4v) is 2.23. The van der Waals surface area contributed by atoms with Crippen LogP contribution in [0.4, 0.5) is 0 Å². The molecule has 0 saturated heterocycles. The lowest BCUT2D eigenvalue weighted by molar-refractivity contribution is 0.828. The highest BCUT2D eigenvalue weighted by Gasteiger charge is 2.05. The molecule has 0 N–H and O–H groups in total. The largest absolute Gasteiger partial charge is 0.312 e. The average Bonchev–Trinajstić information content (AvgIpc) is 2.93. The summed E-state index contributed by atoms with van der Waals surface area (Å²) in [7, 11) is 0. The van der Waals surface area contributed by atoms with Crippen LogP contribution in [0.25, 0.3) is 16.6 Å². The van der Waals surface area contributed by atoms with Crippen molar-refractivity contribution < 1.29 is 0 Å². The first-order valence-electron chi connectivity index (χ1n) is 6.75. The molecule has 0 bridgehead atoms. The van der Waals surface area contributed by atoms with Gasteiger partial charge in [-0.05, 0) is 36.6 Å². The first-order chi connectivity index (χ1) is 9.40. The molecule has 0 saturated carbocycles. The van der Waals surface area contributed by atoms with Crippen LogP contribution >= 0.6 is 0 Å². The second-order valence-electron chi connectivity index (χ2n) is 4.62. The van der Waals surface area contributed by atoms with Crippen molar-refractivity contribution in [1.29, 1.82) is 0 Å². The Kier molecular flexibility index (Phi) is 3.20. The van der Waals surface area contributed by atoms with E-state index in [0.717, 1.165) is 35.1 Å².